The molecular weight excluding hydrogens is 244 g/mol. The van der Waals surface area contributed by atoms with Crippen LogP contribution in [0.15, 0.2) is 36.0 Å². The summed E-state index contributed by atoms with van der Waals surface area (Å²) in [4.78, 5) is 13.8. The number of carbonyl (C=O) groups excluding carboxylic acids is 1. The van der Waals surface area contributed by atoms with Crippen molar-refractivity contribution < 1.29 is 4.79 Å². The smallest absolute Gasteiger partial charge is 0.276 e. The van der Waals surface area contributed by atoms with Gasteiger partial charge < -0.3 is 5.32 Å². The summed E-state index contributed by atoms with van der Waals surface area (Å²) in [6.45, 7) is 4.78. The summed E-state index contributed by atoms with van der Waals surface area (Å²) >= 11 is 5.18. The van der Waals surface area contributed by atoms with Crippen LogP contribution in [0.4, 0.5) is 0 Å². The molecule has 0 spiro atoms. The lowest BCUT2D eigenvalue weighted by Gasteiger charge is -2.15. The highest BCUT2D eigenvalue weighted by atomic mass is 32.1. The second kappa shape index (κ2) is 5.31. The zero-order valence-corrected chi connectivity index (χ0v) is 11.3. The Morgan fingerprint density at radius 3 is 2.61 bits per heavy atom. The average Bonchev–Trinajstić information content (AvgIpc) is 2.58. The van der Waals surface area contributed by atoms with Crippen molar-refractivity contribution in [1.29, 1.82) is 0 Å². The highest BCUT2D eigenvalue weighted by Crippen LogP contribution is 2.15. The lowest BCUT2D eigenvalue weighted by Crippen LogP contribution is -2.33. The topological polar surface area (TPSA) is 32.3 Å². The fourth-order valence-electron chi connectivity index (χ4n) is 1.82. The number of nitrogens with one attached hydrogen (secondary N) is 1. The minimum Gasteiger partial charge on any atom is -0.328 e. The molecule has 1 aliphatic heterocycles. The minimum absolute atomic E-state index is 0.0439. The van der Waals surface area contributed by atoms with E-state index in [0.717, 1.165) is 5.56 Å². The van der Waals surface area contributed by atoms with Crippen molar-refractivity contribution in [2.45, 2.75) is 13.8 Å². The van der Waals surface area contributed by atoms with Gasteiger partial charge in [-0.25, -0.2) is 0 Å². The monoisotopic (exact) mass is 260 g/mol. The van der Waals surface area contributed by atoms with Crippen molar-refractivity contribution in [1.82, 2.24) is 10.2 Å². The Hall–Kier alpha value is -1.68. The van der Waals surface area contributed by atoms with Crippen molar-refractivity contribution in [3.63, 3.8) is 0 Å². The lowest BCUT2D eigenvalue weighted by atomic mass is 10.2. The second-order valence-corrected chi connectivity index (χ2v) is 5.10. The van der Waals surface area contributed by atoms with Crippen LogP contribution in [0, 0.1) is 5.92 Å². The second-order valence-electron chi connectivity index (χ2n) is 4.71. The van der Waals surface area contributed by atoms with Gasteiger partial charge in [-0.15, -0.1) is 0 Å². The third-order valence-electron chi connectivity index (χ3n) is 2.62. The zero-order chi connectivity index (χ0) is 13.1. The van der Waals surface area contributed by atoms with Crippen LogP contribution in [0.3, 0.4) is 0 Å². The van der Waals surface area contributed by atoms with Gasteiger partial charge in [0.15, 0.2) is 5.11 Å². The van der Waals surface area contributed by atoms with Crippen molar-refractivity contribution in [3.05, 3.63) is 41.6 Å². The van der Waals surface area contributed by atoms with E-state index in [1.165, 1.54) is 0 Å². The van der Waals surface area contributed by atoms with Crippen LogP contribution in [0.1, 0.15) is 19.4 Å². The summed E-state index contributed by atoms with van der Waals surface area (Å²) in [6.07, 6.45) is 1.83. The van der Waals surface area contributed by atoms with Gasteiger partial charge >= 0.3 is 0 Å². The Balaban J connectivity index is 2.20. The van der Waals surface area contributed by atoms with Gasteiger partial charge in [0, 0.05) is 6.54 Å². The quantitative estimate of drug-likeness (QED) is 0.669. The van der Waals surface area contributed by atoms with Crippen molar-refractivity contribution in [2.24, 2.45) is 5.92 Å². The predicted octanol–water partition coefficient (Wildman–Crippen LogP) is 2.40. The van der Waals surface area contributed by atoms with Gasteiger partial charge in [-0.3, -0.25) is 9.69 Å². The Morgan fingerprint density at radius 1 is 1.33 bits per heavy atom. The average molecular weight is 260 g/mol. The molecule has 3 nitrogen and oxygen atoms in total. The molecule has 0 saturated carbocycles. The van der Waals surface area contributed by atoms with E-state index in [9.17, 15) is 4.79 Å². The van der Waals surface area contributed by atoms with Crippen LogP contribution in [-0.2, 0) is 4.79 Å². The molecule has 1 aromatic carbocycles. The van der Waals surface area contributed by atoms with Crippen molar-refractivity contribution >= 4 is 29.3 Å². The van der Waals surface area contributed by atoms with Crippen LogP contribution in [0.2, 0.25) is 0 Å². The number of nitrogens with zero attached hydrogens (tertiary/aromatic N) is 1. The van der Waals surface area contributed by atoms with E-state index in [4.69, 9.17) is 12.2 Å². The van der Waals surface area contributed by atoms with E-state index < -0.39 is 0 Å². The summed E-state index contributed by atoms with van der Waals surface area (Å²) < 4.78 is 0. The SMILES string of the molecule is CC(C)CN1C(=O)/C(=C\c2ccccc2)NC1=S. The molecule has 1 aromatic rings. The summed E-state index contributed by atoms with van der Waals surface area (Å²) in [6, 6.07) is 9.74. The summed E-state index contributed by atoms with van der Waals surface area (Å²) in [7, 11) is 0. The summed E-state index contributed by atoms with van der Waals surface area (Å²) in [5.74, 6) is 0.349. The molecule has 0 aromatic heterocycles. The van der Waals surface area contributed by atoms with Crippen LogP contribution in [-0.4, -0.2) is 22.5 Å². The Morgan fingerprint density at radius 2 is 2.00 bits per heavy atom. The molecule has 1 heterocycles. The molecule has 2 rings (SSSR count). The molecule has 1 N–H and O–H groups in total. The van der Waals surface area contributed by atoms with E-state index in [1.807, 2.05) is 36.4 Å². The number of hydrogen-bond acceptors (Lipinski definition) is 2. The van der Waals surface area contributed by atoms with Gasteiger partial charge in [0.25, 0.3) is 5.91 Å². The molecule has 0 aliphatic carbocycles. The third kappa shape index (κ3) is 2.76. The molecule has 0 unspecified atom stereocenters. The summed E-state index contributed by atoms with van der Waals surface area (Å²) in [5.41, 5.74) is 1.54. The van der Waals surface area contributed by atoms with Gasteiger partial charge in [-0.05, 0) is 29.8 Å². The molecule has 1 fully saturated rings. The Labute approximate surface area is 112 Å². The molecule has 0 atom stereocenters. The van der Waals surface area contributed by atoms with Gasteiger partial charge in [0.05, 0.1) is 0 Å². The molecule has 1 aliphatic rings. The Bertz CT molecular complexity index is 494. The zero-order valence-electron chi connectivity index (χ0n) is 10.5. The normalized spacial score (nSPS) is 17.7. The van der Waals surface area contributed by atoms with Crippen LogP contribution in [0.25, 0.3) is 6.08 Å². The number of rotatable bonds is 3. The maximum absolute atomic E-state index is 12.2. The van der Waals surface area contributed by atoms with Gasteiger partial charge in [-0.2, -0.15) is 0 Å². The van der Waals surface area contributed by atoms with Crippen molar-refractivity contribution in [3.8, 4) is 0 Å². The first-order valence-electron chi connectivity index (χ1n) is 5.97. The van der Waals surface area contributed by atoms with E-state index >= 15 is 0 Å². The maximum Gasteiger partial charge on any atom is 0.276 e. The minimum atomic E-state index is -0.0439. The van der Waals surface area contributed by atoms with Crippen molar-refractivity contribution in [2.75, 3.05) is 6.54 Å². The first-order valence-corrected chi connectivity index (χ1v) is 6.38. The maximum atomic E-state index is 12.2. The van der Waals surface area contributed by atoms with Crippen LogP contribution >= 0.6 is 12.2 Å². The van der Waals surface area contributed by atoms with E-state index in [0.29, 0.717) is 23.3 Å². The highest BCUT2D eigenvalue weighted by Gasteiger charge is 2.30. The number of carbonyl (C=O) groups is 1. The van der Waals surface area contributed by atoms with E-state index in [-0.39, 0.29) is 5.91 Å². The van der Waals surface area contributed by atoms with Gasteiger partial charge in [-0.1, -0.05) is 44.2 Å². The number of amides is 1. The molecule has 94 valence electrons. The molecule has 4 heteroatoms. The molecule has 18 heavy (non-hydrogen) atoms. The fourth-order valence-corrected chi connectivity index (χ4v) is 2.09. The number of benzene rings is 1. The molecule has 1 saturated heterocycles. The molecule has 0 radical (unpaired) electrons. The van der Waals surface area contributed by atoms with E-state index in [1.54, 1.807) is 4.90 Å². The molecular formula is C14H16N2OS. The number of thiocarbonyl (C=S) groups is 1. The first kappa shape index (κ1) is 12.8. The molecule has 0 bridgehead atoms. The first-order chi connectivity index (χ1) is 8.58. The summed E-state index contributed by atoms with van der Waals surface area (Å²) in [5, 5.41) is 3.47. The van der Waals surface area contributed by atoms with Crippen LogP contribution < -0.4 is 5.32 Å². The number of hydrogen-bond donors (Lipinski definition) is 1. The standard InChI is InChI=1S/C14H16N2OS/c1-10(2)9-16-13(17)12(15-14(16)18)8-11-6-4-3-5-7-11/h3-8,10H,9H2,1-2H3,(H,15,18)/b12-8+. The third-order valence-corrected chi connectivity index (χ3v) is 2.94. The van der Waals surface area contributed by atoms with E-state index in [2.05, 4.69) is 19.2 Å². The largest absolute Gasteiger partial charge is 0.328 e. The fraction of sp³-hybridized carbons (Fsp3) is 0.286. The molecule has 1 amide bonds. The van der Waals surface area contributed by atoms with Crippen LogP contribution in [0.5, 0.6) is 0 Å². The van der Waals surface area contributed by atoms with Gasteiger partial charge in [0.2, 0.25) is 0 Å². The lowest BCUT2D eigenvalue weighted by molar-refractivity contribution is -0.122. The predicted molar refractivity (Wildman–Crippen MR) is 76.7 cm³/mol. The highest BCUT2D eigenvalue weighted by molar-refractivity contribution is 7.80. The Kier molecular flexibility index (Phi) is 3.77. The van der Waals surface area contributed by atoms with Gasteiger partial charge in [0.1, 0.15) is 5.70 Å².